The van der Waals surface area contributed by atoms with Gasteiger partial charge in [0, 0.05) is 11.9 Å². The average Bonchev–Trinajstić information content (AvgIpc) is 2.89. The van der Waals surface area contributed by atoms with Crippen LogP contribution in [0.15, 0.2) is 32.2 Å². The lowest BCUT2D eigenvalue weighted by atomic mass is 10.1. The smallest absolute Gasteiger partial charge is 0.419 e. The van der Waals surface area contributed by atoms with Gasteiger partial charge in [-0.25, -0.2) is 4.79 Å². The van der Waals surface area contributed by atoms with E-state index in [1.54, 1.807) is 12.1 Å². The highest BCUT2D eigenvalue weighted by Gasteiger charge is 2.29. The van der Waals surface area contributed by atoms with Crippen LogP contribution >= 0.6 is 0 Å². The van der Waals surface area contributed by atoms with Crippen LogP contribution in [0.25, 0.3) is 21.9 Å². The summed E-state index contributed by atoms with van der Waals surface area (Å²) in [4.78, 5) is 34.1. The molecule has 1 aromatic carbocycles. The lowest BCUT2D eigenvalue weighted by Gasteiger charge is -2.08. The molecule has 0 unspecified atom stereocenters. The highest BCUT2D eigenvalue weighted by Crippen LogP contribution is 2.35. The molecule has 1 N–H and O–H groups in total. The molecular formula is C14H8N2O6. The van der Waals surface area contributed by atoms with E-state index in [0.29, 0.717) is 23.9 Å². The first-order chi connectivity index (χ1) is 10.5. The maximum absolute atomic E-state index is 12.5. The molecule has 1 aliphatic heterocycles. The van der Waals surface area contributed by atoms with Gasteiger partial charge in [0.25, 0.3) is 5.56 Å². The molecule has 0 radical (unpaired) electrons. The minimum Gasteiger partial charge on any atom is -0.501 e. The van der Waals surface area contributed by atoms with Gasteiger partial charge in [0.05, 0.1) is 10.4 Å². The summed E-state index contributed by atoms with van der Waals surface area (Å²) >= 11 is 0. The predicted molar refractivity (Wildman–Crippen MR) is 76.3 cm³/mol. The van der Waals surface area contributed by atoms with E-state index < -0.39 is 27.5 Å². The maximum Gasteiger partial charge on any atom is 0.419 e. The van der Waals surface area contributed by atoms with E-state index in [2.05, 4.69) is 0 Å². The first-order valence-corrected chi connectivity index (χ1v) is 6.49. The van der Waals surface area contributed by atoms with Crippen LogP contribution in [0.2, 0.25) is 0 Å². The van der Waals surface area contributed by atoms with Gasteiger partial charge in [0.2, 0.25) is 5.75 Å². The average molecular weight is 300 g/mol. The van der Waals surface area contributed by atoms with Crippen LogP contribution in [0.3, 0.4) is 0 Å². The van der Waals surface area contributed by atoms with E-state index in [1.165, 1.54) is 4.57 Å². The van der Waals surface area contributed by atoms with Gasteiger partial charge in [-0.15, -0.1) is 0 Å². The van der Waals surface area contributed by atoms with E-state index in [4.69, 9.17) is 4.42 Å². The van der Waals surface area contributed by atoms with Crippen LogP contribution in [0.1, 0.15) is 5.56 Å². The molecular weight excluding hydrogens is 292 g/mol. The van der Waals surface area contributed by atoms with Crippen molar-refractivity contribution in [2.24, 2.45) is 0 Å². The van der Waals surface area contributed by atoms with Gasteiger partial charge in [-0.3, -0.25) is 14.9 Å². The third-order valence-corrected chi connectivity index (χ3v) is 3.96. The molecule has 3 heterocycles. The Morgan fingerprint density at radius 2 is 2.09 bits per heavy atom. The number of aromatic hydroxyl groups is 1. The number of fused-ring (bicyclic) bond motifs is 2. The molecule has 2 aromatic heterocycles. The summed E-state index contributed by atoms with van der Waals surface area (Å²) in [7, 11) is 0. The van der Waals surface area contributed by atoms with E-state index in [-0.39, 0.29) is 11.0 Å². The standard InChI is InChI=1S/C14H8N2O6/c17-11-8-12(22-14(19)10(11)16(20)21)7-3-1-2-6-4-5-15(9(6)7)13(8)18/h1-3,17H,4-5H2. The van der Waals surface area contributed by atoms with Crippen molar-refractivity contribution in [3.63, 3.8) is 0 Å². The van der Waals surface area contributed by atoms with Crippen LogP contribution in [0.4, 0.5) is 5.69 Å². The molecule has 3 aromatic rings. The van der Waals surface area contributed by atoms with Crippen LogP contribution in [-0.4, -0.2) is 14.6 Å². The van der Waals surface area contributed by atoms with Crippen molar-refractivity contribution in [1.29, 1.82) is 0 Å². The van der Waals surface area contributed by atoms with Crippen LogP contribution in [-0.2, 0) is 13.0 Å². The summed E-state index contributed by atoms with van der Waals surface area (Å²) in [5.74, 6) is -0.941. The molecule has 0 amide bonds. The minimum atomic E-state index is -1.28. The Morgan fingerprint density at radius 3 is 2.82 bits per heavy atom. The number of pyridine rings is 1. The Labute approximate surface area is 121 Å². The lowest BCUT2D eigenvalue weighted by molar-refractivity contribution is -0.388. The fourth-order valence-electron chi connectivity index (χ4n) is 3.04. The van der Waals surface area contributed by atoms with Gasteiger partial charge in [-0.2, -0.15) is 0 Å². The normalized spacial score (nSPS) is 13.1. The SMILES string of the molecule is O=c1oc2c(c(O)c1[N+](=O)[O-])c(=O)n1c3c(cccc23)CC1. The van der Waals surface area contributed by atoms with E-state index >= 15 is 0 Å². The molecule has 22 heavy (non-hydrogen) atoms. The molecule has 110 valence electrons. The third kappa shape index (κ3) is 1.36. The molecule has 0 aliphatic carbocycles. The van der Waals surface area contributed by atoms with Crippen molar-refractivity contribution in [1.82, 2.24) is 4.57 Å². The fourth-order valence-corrected chi connectivity index (χ4v) is 3.04. The molecule has 0 saturated heterocycles. The van der Waals surface area contributed by atoms with Gasteiger partial charge >= 0.3 is 11.3 Å². The zero-order chi connectivity index (χ0) is 15.6. The Morgan fingerprint density at radius 1 is 1.32 bits per heavy atom. The largest absolute Gasteiger partial charge is 0.501 e. The highest BCUT2D eigenvalue weighted by molar-refractivity contribution is 6.06. The minimum absolute atomic E-state index is 0.117. The predicted octanol–water partition coefficient (Wildman–Crippen LogP) is 1.28. The summed E-state index contributed by atoms with van der Waals surface area (Å²) in [5, 5.41) is 21.1. The number of nitro groups is 1. The first-order valence-electron chi connectivity index (χ1n) is 6.49. The monoisotopic (exact) mass is 300 g/mol. The summed E-state index contributed by atoms with van der Waals surface area (Å²) in [6.07, 6.45) is 0.635. The Balaban J connectivity index is 2.38. The number of aromatic nitrogens is 1. The molecule has 0 spiro atoms. The Bertz CT molecular complexity index is 1110. The molecule has 0 bridgehead atoms. The van der Waals surface area contributed by atoms with Gasteiger partial charge in [-0.1, -0.05) is 12.1 Å². The number of para-hydroxylation sites is 1. The quantitative estimate of drug-likeness (QED) is 0.411. The van der Waals surface area contributed by atoms with Crippen molar-refractivity contribution >= 4 is 27.6 Å². The van der Waals surface area contributed by atoms with Gasteiger partial charge < -0.3 is 14.1 Å². The van der Waals surface area contributed by atoms with Gasteiger partial charge in [0.1, 0.15) is 5.39 Å². The number of hydrogen-bond acceptors (Lipinski definition) is 6. The highest BCUT2D eigenvalue weighted by atomic mass is 16.6. The van der Waals surface area contributed by atoms with E-state index in [0.717, 1.165) is 5.56 Å². The van der Waals surface area contributed by atoms with Gasteiger partial charge in [-0.05, 0) is 18.1 Å². The number of nitrogens with zero attached hydrogens (tertiary/aromatic N) is 2. The number of rotatable bonds is 1. The van der Waals surface area contributed by atoms with Crippen LogP contribution in [0, 0.1) is 10.1 Å². The summed E-state index contributed by atoms with van der Waals surface area (Å²) in [6.45, 7) is 0.414. The lowest BCUT2D eigenvalue weighted by Crippen LogP contribution is -2.20. The van der Waals surface area contributed by atoms with Crippen LogP contribution in [0.5, 0.6) is 5.75 Å². The summed E-state index contributed by atoms with van der Waals surface area (Å²) < 4.78 is 6.44. The molecule has 0 atom stereocenters. The third-order valence-electron chi connectivity index (χ3n) is 3.96. The first kappa shape index (κ1) is 12.6. The molecule has 4 rings (SSSR count). The van der Waals surface area contributed by atoms with Crippen molar-refractivity contribution < 1.29 is 14.4 Å². The molecule has 8 heteroatoms. The fraction of sp³-hybridized carbons (Fsp3) is 0.143. The van der Waals surface area contributed by atoms with Crippen molar-refractivity contribution in [3.05, 3.63) is 54.7 Å². The second-order valence-corrected chi connectivity index (χ2v) is 5.07. The maximum atomic E-state index is 12.5. The number of benzene rings is 1. The second-order valence-electron chi connectivity index (χ2n) is 5.07. The van der Waals surface area contributed by atoms with E-state index in [1.807, 2.05) is 6.07 Å². The van der Waals surface area contributed by atoms with Gasteiger partial charge in [0.15, 0.2) is 5.58 Å². The number of aryl methyl sites for hydroxylation is 2. The molecule has 1 aliphatic rings. The van der Waals surface area contributed by atoms with E-state index in [9.17, 15) is 24.8 Å². The van der Waals surface area contributed by atoms with Crippen molar-refractivity contribution in [2.45, 2.75) is 13.0 Å². The second kappa shape index (κ2) is 3.94. The zero-order valence-electron chi connectivity index (χ0n) is 11.0. The topological polar surface area (TPSA) is 116 Å². The summed E-state index contributed by atoms with van der Waals surface area (Å²) in [6, 6.07) is 5.26. The van der Waals surface area contributed by atoms with Crippen molar-refractivity contribution in [3.8, 4) is 5.75 Å². The molecule has 0 fully saturated rings. The Hall–Kier alpha value is -3.16. The summed E-state index contributed by atoms with van der Waals surface area (Å²) in [5.41, 5.74) is -1.55. The van der Waals surface area contributed by atoms with Crippen LogP contribution < -0.4 is 11.2 Å². The Kier molecular flexibility index (Phi) is 2.25. The molecule has 0 saturated carbocycles. The number of hydrogen-bond donors (Lipinski definition) is 1. The van der Waals surface area contributed by atoms with Crippen molar-refractivity contribution in [2.75, 3.05) is 0 Å². The zero-order valence-corrected chi connectivity index (χ0v) is 11.0. The molecule has 8 nitrogen and oxygen atoms in total.